The van der Waals surface area contributed by atoms with E-state index in [1.807, 2.05) is 27.8 Å². The molecule has 18 heavy (non-hydrogen) atoms. The molecule has 0 aliphatic heterocycles. The number of ether oxygens (including phenoxy) is 3. The van der Waals surface area contributed by atoms with Crippen LogP contribution in [0.25, 0.3) is 0 Å². The first-order valence-electron chi connectivity index (χ1n) is 6.03. The molecule has 0 aliphatic carbocycles. The van der Waals surface area contributed by atoms with E-state index < -0.39 is 0 Å². The molecule has 106 valence electrons. The number of nitrogens with one attached hydrogen (secondary N) is 1. The van der Waals surface area contributed by atoms with Gasteiger partial charge >= 0.3 is 51.4 Å². The van der Waals surface area contributed by atoms with E-state index in [0.717, 1.165) is 19.8 Å². The molecular formula is C12H28KNO4. The van der Waals surface area contributed by atoms with Crippen LogP contribution in [0, 0.1) is 0 Å². The van der Waals surface area contributed by atoms with Crippen molar-refractivity contribution < 1.29 is 70.4 Å². The Morgan fingerprint density at radius 1 is 0.889 bits per heavy atom. The Kier molecular flexibility index (Phi) is 55.2. The number of hydrogen-bond acceptors (Lipinski definition) is 5. The molecule has 0 radical (unpaired) electrons. The van der Waals surface area contributed by atoms with E-state index in [4.69, 9.17) is 19.0 Å². The van der Waals surface area contributed by atoms with Crippen LogP contribution < -0.4 is 56.7 Å². The Balaban J connectivity index is -0.000000177. The number of hydrogen-bond donors (Lipinski definition) is 1. The summed E-state index contributed by atoms with van der Waals surface area (Å²) in [5, 5.41) is 3.00. The van der Waals surface area contributed by atoms with Crippen molar-refractivity contribution in [1.82, 2.24) is 5.32 Å². The number of carbonyl (C=O) groups excluding carboxylic acids is 1. The average Bonchev–Trinajstić information content (AvgIpc) is 2.42. The monoisotopic (exact) mass is 289 g/mol. The quantitative estimate of drug-likeness (QED) is 0.219. The molecule has 0 rings (SSSR count). The third-order valence-electron chi connectivity index (χ3n) is 1.44. The third-order valence-corrected chi connectivity index (χ3v) is 1.44. The molecule has 0 saturated heterocycles. The number of likely N-dealkylation sites (N-methyl/N-ethyl adjacent to an activating group) is 1. The Morgan fingerprint density at radius 2 is 1.28 bits per heavy atom. The van der Waals surface area contributed by atoms with E-state index in [1.165, 1.54) is 0 Å². The van der Waals surface area contributed by atoms with Crippen LogP contribution in [0.1, 0.15) is 20.8 Å². The molecule has 0 aromatic rings. The van der Waals surface area contributed by atoms with Crippen molar-refractivity contribution in [3.63, 3.8) is 0 Å². The molecular weight excluding hydrogens is 261 g/mol. The van der Waals surface area contributed by atoms with E-state index in [2.05, 4.69) is 12.1 Å². The minimum atomic E-state index is 0. The van der Waals surface area contributed by atoms with Gasteiger partial charge in [-0.1, -0.05) is 13.8 Å². The minimum absolute atomic E-state index is 0. The molecule has 5 nitrogen and oxygen atoms in total. The van der Waals surface area contributed by atoms with Gasteiger partial charge in [0.05, 0.1) is 33.0 Å². The maximum absolute atomic E-state index is 7.75. The molecule has 0 aromatic carbocycles. The van der Waals surface area contributed by atoms with Gasteiger partial charge in [-0.15, -0.1) is 0 Å². The standard InChI is InChI=1S/C9H21NO3.C2H6.CHO.K/c1-3-11-6-7-13-9-8-12-5-4-10-2;2*1-2;/h10H,3-9H2,1-2H3;1-2H3;1H;/q;;-1;+1. The van der Waals surface area contributed by atoms with Crippen LogP contribution in [0.2, 0.25) is 0 Å². The van der Waals surface area contributed by atoms with Gasteiger partial charge in [-0.3, -0.25) is 6.79 Å². The number of rotatable bonds is 10. The van der Waals surface area contributed by atoms with Gasteiger partial charge in [-0.25, -0.2) is 0 Å². The molecule has 0 unspecified atom stereocenters. The molecule has 0 aromatic heterocycles. The van der Waals surface area contributed by atoms with Gasteiger partial charge in [0.1, 0.15) is 0 Å². The van der Waals surface area contributed by atoms with Crippen molar-refractivity contribution in [2.24, 2.45) is 0 Å². The summed E-state index contributed by atoms with van der Waals surface area (Å²) in [5.41, 5.74) is 0. The zero-order chi connectivity index (χ0) is 13.8. The molecule has 0 saturated carbocycles. The molecule has 0 atom stereocenters. The van der Waals surface area contributed by atoms with E-state index in [-0.39, 0.29) is 51.4 Å². The molecule has 0 aliphatic rings. The SMILES string of the molecule is CC.CCOCCOCCOCCNC.[CH-]=O.[K+]. The smallest absolute Gasteiger partial charge is 0.545 e. The second-order valence-electron chi connectivity index (χ2n) is 2.53. The van der Waals surface area contributed by atoms with Crippen LogP contribution in [0.4, 0.5) is 0 Å². The zero-order valence-corrected chi connectivity index (χ0v) is 15.8. The summed E-state index contributed by atoms with van der Waals surface area (Å²) >= 11 is 0. The van der Waals surface area contributed by atoms with Crippen LogP contribution in [0.3, 0.4) is 0 Å². The molecule has 6 heteroatoms. The maximum Gasteiger partial charge on any atom is 1.00 e. The molecule has 0 amide bonds. The Bertz CT molecular complexity index is 100. The predicted molar refractivity (Wildman–Crippen MR) is 70.2 cm³/mol. The van der Waals surface area contributed by atoms with Crippen molar-refractivity contribution in [2.45, 2.75) is 20.8 Å². The topological polar surface area (TPSA) is 56.8 Å². The minimum Gasteiger partial charge on any atom is -0.545 e. The van der Waals surface area contributed by atoms with Crippen molar-refractivity contribution in [3.8, 4) is 0 Å². The normalized spacial score (nSPS) is 8.22. The summed E-state index contributed by atoms with van der Waals surface area (Å²) < 4.78 is 15.6. The third kappa shape index (κ3) is 36.0. The summed E-state index contributed by atoms with van der Waals surface area (Å²) in [6.45, 7) is 14.2. The molecule has 0 bridgehead atoms. The van der Waals surface area contributed by atoms with Gasteiger partial charge in [0.15, 0.2) is 0 Å². The summed E-state index contributed by atoms with van der Waals surface area (Å²) in [7, 11) is 1.90. The molecule has 0 heterocycles. The van der Waals surface area contributed by atoms with E-state index >= 15 is 0 Å². The second-order valence-corrected chi connectivity index (χ2v) is 2.53. The molecule has 0 spiro atoms. The van der Waals surface area contributed by atoms with Crippen LogP contribution in [-0.2, 0) is 19.0 Å². The summed E-state index contributed by atoms with van der Waals surface area (Å²) in [6, 6.07) is 0. The Morgan fingerprint density at radius 3 is 1.67 bits per heavy atom. The predicted octanol–water partition coefficient (Wildman–Crippen LogP) is -1.97. The fourth-order valence-electron chi connectivity index (χ4n) is 0.758. The summed E-state index contributed by atoms with van der Waals surface area (Å²) in [5.74, 6) is 0. The molecule has 1 N–H and O–H groups in total. The first kappa shape index (κ1) is 27.5. The molecule has 0 fully saturated rings. The summed E-state index contributed by atoms with van der Waals surface area (Å²) in [4.78, 5) is 7.75. The second kappa shape index (κ2) is 36.2. The van der Waals surface area contributed by atoms with Gasteiger partial charge in [-0.2, -0.15) is 0 Å². The van der Waals surface area contributed by atoms with E-state index in [0.29, 0.717) is 26.4 Å². The fraction of sp³-hybridized carbons (Fsp3) is 0.917. The van der Waals surface area contributed by atoms with Gasteiger partial charge in [0.2, 0.25) is 0 Å². The van der Waals surface area contributed by atoms with Crippen LogP contribution in [0.15, 0.2) is 0 Å². The Labute approximate surface area is 155 Å². The van der Waals surface area contributed by atoms with Crippen molar-refractivity contribution >= 4 is 6.79 Å². The van der Waals surface area contributed by atoms with Crippen molar-refractivity contribution in [3.05, 3.63) is 0 Å². The van der Waals surface area contributed by atoms with Gasteiger partial charge in [0, 0.05) is 13.2 Å². The first-order chi connectivity index (χ1) is 8.41. The first-order valence-corrected chi connectivity index (χ1v) is 6.03. The van der Waals surface area contributed by atoms with Crippen LogP contribution in [-0.4, -0.2) is 60.0 Å². The van der Waals surface area contributed by atoms with Crippen molar-refractivity contribution in [2.75, 3.05) is 53.2 Å². The summed E-state index contributed by atoms with van der Waals surface area (Å²) in [6.07, 6.45) is 0. The zero-order valence-electron chi connectivity index (χ0n) is 12.7. The van der Waals surface area contributed by atoms with Crippen molar-refractivity contribution in [1.29, 1.82) is 0 Å². The van der Waals surface area contributed by atoms with Crippen LogP contribution >= 0.6 is 0 Å². The Hall–Kier alpha value is 1.15. The average molecular weight is 289 g/mol. The van der Waals surface area contributed by atoms with E-state index in [1.54, 1.807) is 0 Å². The van der Waals surface area contributed by atoms with Gasteiger partial charge in [0.25, 0.3) is 0 Å². The van der Waals surface area contributed by atoms with Gasteiger partial charge < -0.3 is 24.3 Å². The van der Waals surface area contributed by atoms with E-state index in [9.17, 15) is 0 Å². The fourth-order valence-corrected chi connectivity index (χ4v) is 0.758. The maximum atomic E-state index is 7.75. The largest absolute Gasteiger partial charge is 1.00 e. The van der Waals surface area contributed by atoms with Crippen LogP contribution in [0.5, 0.6) is 0 Å². The van der Waals surface area contributed by atoms with Gasteiger partial charge in [-0.05, 0) is 14.0 Å².